The molecule has 1 saturated carbocycles. The monoisotopic (exact) mass is 436 g/mol. The van der Waals surface area contributed by atoms with E-state index in [0.717, 1.165) is 42.1 Å². The van der Waals surface area contributed by atoms with Crippen molar-refractivity contribution in [2.24, 2.45) is 5.73 Å². The van der Waals surface area contributed by atoms with Crippen molar-refractivity contribution in [2.45, 2.75) is 43.7 Å². The van der Waals surface area contributed by atoms with E-state index in [-0.39, 0.29) is 17.4 Å². The van der Waals surface area contributed by atoms with Crippen LogP contribution in [-0.4, -0.2) is 49.7 Å². The van der Waals surface area contributed by atoms with Crippen LogP contribution < -0.4 is 5.73 Å². The molecule has 0 unspecified atom stereocenters. The van der Waals surface area contributed by atoms with Crippen LogP contribution in [0, 0.1) is 0 Å². The Morgan fingerprint density at radius 3 is 2.52 bits per heavy atom. The molecule has 7 nitrogen and oxygen atoms in total. The number of halogens is 1. The SMILES string of the molecule is NC[C@]1(c2cccc(Cl)c2)CC[C@H](N2CCn3c(nnc3-c3ccncc3)C2=O)CC1. The fraction of sp³-hybridized carbons (Fsp3) is 0.391. The maximum atomic E-state index is 13.3. The number of nitrogens with zero attached hydrogens (tertiary/aromatic N) is 5. The number of carbonyl (C=O) groups is 1. The molecule has 1 aliphatic carbocycles. The Bertz CT molecular complexity index is 1090. The zero-order chi connectivity index (χ0) is 21.4. The highest BCUT2D eigenvalue weighted by Crippen LogP contribution is 2.41. The topological polar surface area (TPSA) is 89.9 Å². The zero-order valence-corrected chi connectivity index (χ0v) is 18.0. The standard InChI is InChI=1S/C23H25ClN6O/c24-18-3-1-2-17(14-18)23(15-25)8-4-19(5-9-23)29-12-13-30-20(16-6-10-26-11-7-16)27-28-21(30)22(29)31/h1-3,6-7,10-11,14,19H,4-5,8-9,12-13,15,25H2/t19-,23-. The van der Waals surface area contributed by atoms with Crippen LogP contribution in [0.15, 0.2) is 48.8 Å². The number of aromatic nitrogens is 4. The van der Waals surface area contributed by atoms with Crippen LogP contribution in [0.25, 0.3) is 11.4 Å². The summed E-state index contributed by atoms with van der Waals surface area (Å²) >= 11 is 6.23. The van der Waals surface area contributed by atoms with Crippen molar-refractivity contribution in [1.29, 1.82) is 0 Å². The predicted molar refractivity (Wildman–Crippen MR) is 119 cm³/mol. The summed E-state index contributed by atoms with van der Waals surface area (Å²) in [7, 11) is 0. The van der Waals surface area contributed by atoms with E-state index in [4.69, 9.17) is 17.3 Å². The normalized spacial score (nSPS) is 23.6. The Morgan fingerprint density at radius 1 is 1.06 bits per heavy atom. The lowest BCUT2D eigenvalue weighted by molar-refractivity contribution is 0.0523. The molecule has 31 heavy (non-hydrogen) atoms. The Balaban J connectivity index is 1.33. The molecular formula is C23H25ClN6O. The first-order valence-electron chi connectivity index (χ1n) is 10.7. The number of fused-ring (bicyclic) bond motifs is 1. The van der Waals surface area contributed by atoms with E-state index in [1.807, 2.05) is 39.8 Å². The van der Waals surface area contributed by atoms with Crippen LogP contribution >= 0.6 is 11.6 Å². The van der Waals surface area contributed by atoms with Crippen LogP contribution in [-0.2, 0) is 12.0 Å². The van der Waals surface area contributed by atoms with E-state index in [0.29, 0.717) is 25.5 Å². The minimum absolute atomic E-state index is 0.0351. The van der Waals surface area contributed by atoms with Crippen molar-refractivity contribution in [3.63, 3.8) is 0 Å². The molecule has 2 aliphatic rings. The maximum absolute atomic E-state index is 13.3. The molecular weight excluding hydrogens is 412 g/mol. The summed E-state index contributed by atoms with van der Waals surface area (Å²) < 4.78 is 1.92. The molecule has 160 valence electrons. The second-order valence-corrected chi connectivity index (χ2v) is 8.90. The largest absolute Gasteiger partial charge is 0.331 e. The maximum Gasteiger partial charge on any atom is 0.292 e. The molecule has 1 aliphatic heterocycles. The van der Waals surface area contributed by atoms with E-state index in [2.05, 4.69) is 21.2 Å². The van der Waals surface area contributed by atoms with Crippen molar-refractivity contribution < 1.29 is 4.79 Å². The molecule has 0 saturated heterocycles. The average molecular weight is 437 g/mol. The first-order valence-corrected chi connectivity index (χ1v) is 11.1. The summed E-state index contributed by atoms with van der Waals surface area (Å²) in [5.41, 5.74) is 8.29. The van der Waals surface area contributed by atoms with E-state index in [9.17, 15) is 4.79 Å². The fourth-order valence-corrected chi connectivity index (χ4v) is 5.26. The van der Waals surface area contributed by atoms with E-state index in [1.165, 1.54) is 5.56 Å². The van der Waals surface area contributed by atoms with Gasteiger partial charge >= 0.3 is 0 Å². The van der Waals surface area contributed by atoms with Gasteiger partial charge in [-0.3, -0.25) is 9.78 Å². The lowest BCUT2D eigenvalue weighted by Crippen LogP contribution is -2.50. The summed E-state index contributed by atoms with van der Waals surface area (Å²) in [6.45, 7) is 1.94. The number of amides is 1. The van der Waals surface area contributed by atoms with Gasteiger partial charge in [-0.05, 0) is 55.5 Å². The minimum atomic E-state index is -0.0746. The third-order valence-corrected chi connectivity index (χ3v) is 7.12. The number of pyridine rings is 1. The summed E-state index contributed by atoms with van der Waals surface area (Å²) in [6.07, 6.45) is 7.15. The van der Waals surface area contributed by atoms with Crippen LogP contribution in [0.1, 0.15) is 41.9 Å². The van der Waals surface area contributed by atoms with Gasteiger partial charge in [-0.25, -0.2) is 0 Å². The third kappa shape index (κ3) is 3.51. The number of nitrogens with two attached hydrogens (primary N) is 1. The van der Waals surface area contributed by atoms with Crippen molar-refractivity contribution in [2.75, 3.05) is 13.1 Å². The summed E-state index contributed by atoms with van der Waals surface area (Å²) in [4.78, 5) is 19.3. The predicted octanol–water partition coefficient (Wildman–Crippen LogP) is 3.29. The molecule has 2 N–H and O–H groups in total. The molecule has 5 rings (SSSR count). The number of hydrogen-bond acceptors (Lipinski definition) is 5. The summed E-state index contributed by atoms with van der Waals surface area (Å²) in [6, 6.07) is 12.0. The molecule has 0 bridgehead atoms. The fourth-order valence-electron chi connectivity index (χ4n) is 5.07. The Labute approximate surface area is 186 Å². The molecule has 3 heterocycles. The molecule has 1 aromatic carbocycles. The molecule has 3 aromatic rings. The molecule has 0 spiro atoms. The van der Waals surface area contributed by atoms with Gasteiger partial charge in [0.2, 0.25) is 5.82 Å². The first kappa shape index (κ1) is 20.2. The van der Waals surface area contributed by atoms with Crippen molar-refractivity contribution in [3.05, 3.63) is 65.2 Å². The van der Waals surface area contributed by atoms with Gasteiger partial charge in [-0.2, -0.15) is 0 Å². The minimum Gasteiger partial charge on any atom is -0.331 e. The average Bonchev–Trinajstić information content (AvgIpc) is 3.25. The van der Waals surface area contributed by atoms with Crippen LogP contribution in [0.5, 0.6) is 0 Å². The second kappa shape index (κ2) is 8.05. The Kier molecular flexibility index (Phi) is 5.24. The lowest BCUT2D eigenvalue weighted by atomic mass is 9.68. The highest BCUT2D eigenvalue weighted by molar-refractivity contribution is 6.30. The highest BCUT2D eigenvalue weighted by Gasteiger charge is 2.40. The molecule has 0 radical (unpaired) electrons. The smallest absolute Gasteiger partial charge is 0.292 e. The zero-order valence-electron chi connectivity index (χ0n) is 17.2. The summed E-state index contributed by atoms with van der Waals surface area (Å²) in [5, 5.41) is 9.26. The molecule has 8 heteroatoms. The second-order valence-electron chi connectivity index (χ2n) is 8.46. The van der Waals surface area contributed by atoms with E-state index >= 15 is 0 Å². The van der Waals surface area contributed by atoms with Crippen molar-refractivity contribution in [1.82, 2.24) is 24.6 Å². The molecule has 2 aromatic heterocycles. The van der Waals surface area contributed by atoms with Gasteiger partial charge in [0.05, 0.1) is 0 Å². The van der Waals surface area contributed by atoms with Crippen LogP contribution in [0.3, 0.4) is 0 Å². The Hall–Kier alpha value is -2.77. The van der Waals surface area contributed by atoms with Gasteiger partial charge in [0.1, 0.15) is 0 Å². The number of hydrogen-bond donors (Lipinski definition) is 1. The van der Waals surface area contributed by atoms with E-state index < -0.39 is 0 Å². The third-order valence-electron chi connectivity index (χ3n) is 6.89. The number of benzene rings is 1. The molecule has 1 fully saturated rings. The first-order chi connectivity index (χ1) is 15.1. The number of rotatable bonds is 4. The van der Waals surface area contributed by atoms with Gasteiger partial charge in [0, 0.05) is 54.1 Å². The van der Waals surface area contributed by atoms with Crippen LogP contribution in [0.2, 0.25) is 5.02 Å². The van der Waals surface area contributed by atoms with Crippen LogP contribution in [0.4, 0.5) is 0 Å². The molecule has 0 atom stereocenters. The Morgan fingerprint density at radius 2 is 1.81 bits per heavy atom. The quantitative estimate of drug-likeness (QED) is 0.677. The highest BCUT2D eigenvalue weighted by atomic mass is 35.5. The van der Waals surface area contributed by atoms with E-state index in [1.54, 1.807) is 12.4 Å². The lowest BCUT2D eigenvalue weighted by Gasteiger charge is -2.44. The van der Waals surface area contributed by atoms with Crippen molar-refractivity contribution in [3.8, 4) is 11.4 Å². The van der Waals surface area contributed by atoms with Gasteiger partial charge in [-0.15, -0.1) is 10.2 Å². The number of carbonyl (C=O) groups excluding carboxylic acids is 1. The molecule has 1 amide bonds. The van der Waals surface area contributed by atoms with Gasteiger partial charge in [0.15, 0.2) is 5.82 Å². The van der Waals surface area contributed by atoms with Crippen molar-refractivity contribution >= 4 is 17.5 Å². The van der Waals surface area contributed by atoms with Gasteiger partial charge < -0.3 is 15.2 Å². The van der Waals surface area contributed by atoms with Gasteiger partial charge in [0.25, 0.3) is 5.91 Å². The summed E-state index contributed by atoms with van der Waals surface area (Å²) in [5.74, 6) is 1.10. The van der Waals surface area contributed by atoms with Gasteiger partial charge in [-0.1, -0.05) is 23.7 Å².